The SMILES string of the molecule is Cl.O=C(c1cc2c(s1)C1(CCNCC1)OCC2)N1C[C@@H](Cc2cnccn2)[C@H](O)C1. The van der Waals surface area contributed by atoms with Gasteiger partial charge >= 0.3 is 0 Å². The number of rotatable bonds is 3. The summed E-state index contributed by atoms with van der Waals surface area (Å²) < 4.78 is 6.24. The first-order chi connectivity index (χ1) is 14.1. The zero-order chi connectivity index (χ0) is 19.8. The van der Waals surface area contributed by atoms with Crippen molar-refractivity contribution in [1.82, 2.24) is 20.2 Å². The van der Waals surface area contributed by atoms with E-state index in [1.54, 1.807) is 34.8 Å². The van der Waals surface area contributed by atoms with Crippen molar-refractivity contribution in [3.05, 3.63) is 45.7 Å². The van der Waals surface area contributed by atoms with Gasteiger partial charge in [0.25, 0.3) is 5.91 Å². The summed E-state index contributed by atoms with van der Waals surface area (Å²) >= 11 is 1.59. The molecule has 0 saturated carbocycles. The third kappa shape index (κ3) is 3.99. The van der Waals surface area contributed by atoms with Crippen molar-refractivity contribution >= 4 is 29.7 Å². The van der Waals surface area contributed by atoms with E-state index in [-0.39, 0.29) is 29.8 Å². The van der Waals surface area contributed by atoms with Crippen LogP contribution in [0, 0.1) is 5.92 Å². The van der Waals surface area contributed by atoms with Crippen LogP contribution in [0.2, 0.25) is 0 Å². The Morgan fingerprint density at radius 1 is 1.33 bits per heavy atom. The maximum absolute atomic E-state index is 13.2. The van der Waals surface area contributed by atoms with Crippen LogP contribution in [0.15, 0.2) is 24.7 Å². The number of nitrogens with zero attached hydrogens (tertiary/aromatic N) is 3. The summed E-state index contributed by atoms with van der Waals surface area (Å²) in [5.74, 6) is 0.0125. The van der Waals surface area contributed by atoms with E-state index < -0.39 is 6.10 Å². The summed E-state index contributed by atoms with van der Waals surface area (Å²) in [5.41, 5.74) is 1.89. The molecule has 2 aromatic rings. The maximum Gasteiger partial charge on any atom is 0.264 e. The fourth-order valence-corrected chi connectivity index (χ4v) is 6.19. The monoisotopic (exact) mass is 450 g/mol. The highest BCUT2D eigenvalue weighted by atomic mass is 35.5. The predicted molar refractivity (Wildman–Crippen MR) is 116 cm³/mol. The van der Waals surface area contributed by atoms with Crippen molar-refractivity contribution in [2.75, 3.05) is 32.8 Å². The number of hydrogen-bond donors (Lipinski definition) is 2. The first kappa shape index (κ1) is 21.6. The molecule has 3 aliphatic heterocycles. The molecule has 1 amide bonds. The molecule has 2 fully saturated rings. The number of likely N-dealkylation sites (tertiary alicyclic amines) is 1. The van der Waals surface area contributed by atoms with Gasteiger partial charge in [0, 0.05) is 42.5 Å². The average molecular weight is 451 g/mol. The Kier molecular flexibility index (Phi) is 6.41. The number of fused-ring (bicyclic) bond motifs is 2. The lowest BCUT2D eigenvalue weighted by atomic mass is 9.86. The molecule has 0 aliphatic carbocycles. The molecule has 2 atom stereocenters. The molecular formula is C21H27ClN4O3S. The van der Waals surface area contributed by atoms with E-state index in [9.17, 15) is 9.90 Å². The number of piperidine rings is 1. The predicted octanol–water partition coefficient (Wildman–Crippen LogP) is 1.79. The molecule has 0 bridgehead atoms. The number of aliphatic hydroxyl groups excluding tert-OH is 1. The van der Waals surface area contributed by atoms with Crippen LogP contribution in [0.5, 0.6) is 0 Å². The van der Waals surface area contributed by atoms with E-state index in [2.05, 4.69) is 21.4 Å². The Bertz CT molecular complexity index is 888. The van der Waals surface area contributed by atoms with Gasteiger partial charge in [0.2, 0.25) is 0 Å². The molecule has 0 unspecified atom stereocenters. The van der Waals surface area contributed by atoms with Crippen LogP contribution in [0.25, 0.3) is 0 Å². The van der Waals surface area contributed by atoms with Crippen LogP contribution in [-0.2, 0) is 23.2 Å². The molecule has 5 heterocycles. The van der Waals surface area contributed by atoms with E-state index in [1.165, 1.54) is 10.4 Å². The lowest BCUT2D eigenvalue weighted by molar-refractivity contribution is -0.0771. The number of halogens is 1. The number of aliphatic hydroxyl groups is 1. The third-order valence-corrected chi connectivity index (χ3v) is 7.73. The van der Waals surface area contributed by atoms with Gasteiger partial charge in [0.15, 0.2) is 0 Å². The number of carbonyl (C=O) groups is 1. The molecular weight excluding hydrogens is 424 g/mol. The number of hydrogen-bond acceptors (Lipinski definition) is 7. The Balaban J connectivity index is 0.00000218. The van der Waals surface area contributed by atoms with Crippen LogP contribution in [0.4, 0.5) is 0 Å². The highest BCUT2D eigenvalue weighted by Crippen LogP contribution is 2.44. The fraction of sp³-hybridized carbons (Fsp3) is 0.571. The Morgan fingerprint density at radius 3 is 2.93 bits per heavy atom. The second-order valence-corrected chi connectivity index (χ2v) is 9.30. The molecule has 5 rings (SSSR count). The lowest BCUT2D eigenvalue weighted by Gasteiger charge is -2.40. The standard InChI is InChI=1S/C21H26N4O3S.ClH/c26-17-13-25(12-15(17)9-16-11-23-6-7-24-16)20(27)18-10-14-1-8-28-21(19(14)29-18)2-4-22-5-3-21;/h6-7,10-11,15,17,22,26H,1-5,8-9,12-13H2;1H/t15-,17-;/m1./s1. The number of aromatic nitrogens is 2. The number of carbonyl (C=O) groups excluding carboxylic acids is 1. The molecule has 2 saturated heterocycles. The van der Waals surface area contributed by atoms with Crippen molar-refractivity contribution in [1.29, 1.82) is 0 Å². The van der Waals surface area contributed by atoms with E-state index in [0.717, 1.165) is 49.5 Å². The largest absolute Gasteiger partial charge is 0.391 e. The average Bonchev–Trinajstić information content (AvgIpc) is 3.34. The zero-order valence-corrected chi connectivity index (χ0v) is 18.4. The molecule has 7 nitrogen and oxygen atoms in total. The minimum Gasteiger partial charge on any atom is -0.391 e. The van der Waals surface area contributed by atoms with Crippen molar-refractivity contribution in [3.8, 4) is 0 Å². The van der Waals surface area contributed by atoms with E-state index in [1.807, 2.05) is 0 Å². The van der Waals surface area contributed by atoms with Gasteiger partial charge < -0.3 is 20.1 Å². The number of ether oxygens (including phenoxy) is 1. The molecule has 30 heavy (non-hydrogen) atoms. The van der Waals surface area contributed by atoms with Gasteiger partial charge in [0.05, 0.1) is 23.3 Å². The molecule has 162 valence electrons. The number of thiophene rings is 1. The number of amides is 1. The normalized spacial score (nSPS) is 25.0. The van der Waals surface area contributed by atoms with Gasteiger partial charge in [-0.3, -0.25) is 14.8 Å². The van der Waals surface area contributed by atoms with Crippen LogP contribution < -0.4 is 5.32 Å². The fourth-order valence-electron chi connectivity index (χ4n) is 4.81. The summed E-state index contributed by atoms with van der Waals surface area (Å²) in [6, 6.07) is 2.07. The van der Waals surface area contributed by atoms with E-state index in [4.69, 9.17) is 4.74 Å². The van der Waals surface area contributed by atoms with E-state index >= 15 is 0 Å². The Morgan fingerprint density at radius 2 is 2.17 bits per heavy atom. The highest BCUT2D eigenvalue weighted by molar-refractivity contribution is 7.14. The van der Waals surface area contributed by atoms with Crippen molar-refractivity contribution in [2.24, 2.45) is 5.92 Å². The summed E-state index contributed by atoms with van der Waals surface area (Å²) in [5, 5.41) is 13.9. The van der Waals surface area contributed by atoms with Gasteiger partial charge in [-0.2, -0.15) is 0 Å². The van der Waals surface area contributed by atoms with Gasteiger partial charge in [-0.25, -0.2) is 0 Å². The molecule has 0 radical (unpaired) electrons. The van der Waals surface area contributed by atoms with Crippen LogP contribution >= 0.6 is 23.7 Å². The second kappa shape index (κ2) is 8.88. The first-order valence-electron chi connectivity index (χ1n) is 10.3. The van der Waals surface area contributed by atoms with Crippen molar-refractivity contribution < 1.29 is 14.6 Å². The molecule has 2 N–H and O–H groups in total. The summed E-state index contributed by atoms with van der Waals surface area (Å²) in [6.07, 6.45) is 7.90. The summed E-state index contributed by atoms with van der Waals surface area (Å²) in [4.78, 5) is 25.4. The van der Waals surface area contributed by atoms with Crippen molar-refractivity contribution in [2.45, 2.75) is 37.4 Å². The van der Waals surface area contributed by atoms with Crippen LogP contribution in [-0.4, -0.2) is 64.8 Å². The van der Waals surface area contributed by atoms with Crippen molar-refractivity contribution in [3.63, 3.8) is 0 Å². The summed E-state index contributed by atoms with van der Waals surface area (Å²) in [6.45, 7) is 3.54. The Labute approximate surface area is 186 Å². The minimum absolute atomic E-state index is 0. The molecule has 3 aliphatic rings. The topological polar surface area (TPSA) is 87.6 Å². The van der Waals surface area contributed by atoms with Gasteiger partial charge in [0.1, 0.15) is 5.60 Å². The maximum atomic E-state index is 13.2. The minimum atomic E-state index is -0.533. The molecule has 2 aromatic heterocycles. The summed E-state index contributed by atoms with van der Waals surface area (Å²) in [7, 11) is 0. The molecule has 1 spiro atoms. The quantitative estimate of drug-likeness (QED) is 0.741. The van der Waals surface area contributed by atoms with Gasteiger partial charge in [-0.05, 0) is 50.4 Å². The first-order valence-corrected chi connectivity index (χ1v) is 11.2. The van der Waals surface area contributed by atoms with Gasteiger partial charge in [-0.1, -0.05) is 0 Å². The number of nitrogens with one attached hydrogen (secondary N) is 1. The Hall–Kier alpha value is -1.58. The van der Waals surface area contributed by atoms with Crippen LogP contribution in [0.3, 0.4) is 0 Å². The third-order valence-electron chi connectivity index (χ3n) is 6.38. The number of β-amino-alcohol motifs (C(OH)–C–C–N with tert-alkyl or cyclic N) is 1. The van der Waals surface area contributed by atoms with Gasteiger partial charge in [-0.15, -0.1) is 23.7 Å². The molecule has 9 heteroatoms. The second-order valence-electron chi connectivity index (χ2n) is 8.25. The highest BCUT2D eigenvalue weighted by Gasteiger charge is 2.42. The molecule has 0 aromatic carbocycles. The van der Waals surface area contributed by atoms with Crippen LogP contribution in [0.1, 0.15) is 38.6 Å². The zero-order valence-electron chi connectivity index (χ0n) is 16.7. The lowest BCUT2D eigenvalue weighted by Crippen LogP contribution is -2.43. The van der Waals surface area contributed by atoms with E-state index in [0.29, 0.717) is 19.5 Å². The smallest absolute Gasteiger partial charge is 0.264 e.